The third kappa shape index (κ3) is 18.9. The normalized spacial score (nSPS) is 11.9. The number of rotatable bonds is 12. The second kappa shape index (κ2) is 27.1. The molecule has 0 unspecified atom stereocenters. The van der Waals surface area contributed by atoms with E-state index in [1.165, 1.54) is 29.4 Å². The second-order valence-electron chi connectivity index (χ2n) is 27.7. The zero-order valence-corrected chi connectivity index (χ0v) is 55.9. The van der Waals surface area contributed by atoms with Gasteiger partial charge in [-0.05, 0) is 294 Å². The molecule has 6 amide bonds. The van der Waals surface area contributed by atoms with Crippen LogP contribution in [0.5, 0.6) is 0 Å². The smallest absolute Gasteiger partial charge is 0.419 e. The first-order chi connectivity index (χ1) is 42.6. The van der Waals surface area contributed by atoms with Crippen LogP contribution < -0.4 is 40.9 Å². The zero-order chi connectivity index (χ0) is 68.1. The molecule has 0 aromatic heterocycles. The lowest BCUT2D eigenvalue weighted by Crippen LogP contribution is -2.35. The lowest BCUT2D eigenvalue weighted by molar-refractivity contribution is 0.0586. The van der Waals surface area contributed by atoms with E-state index in [-0.39, 0.29) is 0 Å². The lowest BCUT2D eigenvalue weighted by Gasteiger charge is -2.31. The molecule has 0 aliphatic heterocycles. The molecule has 0 fully saturated rings. The monoisotopic (exact) mass is 1250 g/mol. The third-order valence-corrected chi connectivity index (χ3v) is 12.6. The highest BCUT2D eigenvalue weighted by Crippen LogP contribution is 2.40. The number of nitrogen functional groups attached to an aromatic ring is 2. The third-order valence-electron chi connectivity index (χ3n) is 12.6. The minimum Gasteiger partial charge on any atom is -0.443 e. The highest BCUT2D eigenvalue weighted by molar-refractivity contribution is 6.03. The Balaban J connectivity index is 1.24. The summed E-state index contributed by atoms with van der Waals surface area (Å²) in [7, 11) is 0. The molecule has 0 atom stereocenters. The summed E-state index contributed by atoms with van der Waals surface area (Å²) < 4.78 is 35.4. The van der Waals surface area contributed by atoms with Crippen molar-refractivity contribution in [2.24, 2.45) is 0 Å². The number of benzene rings is 7. The SMILES string of the molecule is CC(C)(C)OC(=O)N(c1ccc(N)cc1)c1ccc(N(C(=O)OC(C)(C)C)c2ccc(N(C(=O)OC(C)(C)C)c3ccc(N(C(=O)OC(C)(C)C)c4ccc(N(C(=O)OC(C)(C)C)c5ccc(N(C(=O)OC(C)(C)C)c6ccc(N)cc6)cc5)cc4)cc3)cc2)cc1. The summed E-state index contributed by atoms with van der Waals surface area (Å²) in [6.45, 7) is 31.7. The van der Waals surface area contributed by atoms with Gasteiger partial charge in [0.1, 0.15) is 33.6 Å². The van der Waals surface area contributed by atoms with Gasteiger partial charge in [-0.15, -0.1) is 0 Å². The Morgan fingerprint density at radius 1 is 0.207 bits per heavy atom. The predicted octanol–water partition coefficient (Wildman–Crippen LogP) is 19.3. The summed E-state index contributed by atoms with van der Waals surface area (Å²) in [5, 5.41) is 0. The molecule has 0 aliphatic carbocycles. The number of nitrogens with zero attached hydrogens (tertiary/aromatic N) is 6. The van der Waals surface area contributed by atoms with E-state index >= 15 is 0 Å². The number of nitrogens with two attached hydrogens (primary N) is 2. The second-order valence-corrected chi connectivity index (χ2v) is 27.7. The molecule has 20 heteroatoms. The van der Waals surface area contributed by atoms with E-state index < -0.39 is 70.2 Å². The highest BCUT2D eigenvalue weighted by atomic mass is 16.6. The predicted molar refractivity (Wildman–Crippen MR) is 364 cm³/mol. The van der Waals surface area contributed by atoms with Crippen molar-refractivity contribution in [2.45, 2.75) is 158 Å². The van der Waals surface area contributed by atoms with Gasteiger partial charge in [-0.3, -0.25) is 0 Å². The summed E-state index contributed by atoms with van der Waals surface area (Å²) in [5.41, 5.74) is 12.6. The topological polar surface area (TPSA) is 229 Å². The van der Waals surface area contributed by atoms with Gasteiger partial charge in [0.25, 0.3) is 0 Å². The van der Waals surface area contributed by atoms with E-state index in [9.17, 15) is 28.8 Å². The van der Waals surface area contributed by atoms with Gasteiger partial charge >= 0.3 is 36.6 Å². The highest BCUT2D eigenvalue weighted by Gasteiger charge is 2.33. The van der Waals surface area contributed by atoms with E-state index in [2.05, 4.69) is 0 Å². The first-order valence-corrected chi connectivity index (χ1v) is 30.0. The number of anilines is 14. The fraction of sp³-hybridized carbons (Fsp3) is 0.333. The van der Waals surface area contributed by atoms with Crippen molar-refractivity contribution in [3.63, 3.8) is 0 Å². The molecule has 20 nitrogen and oxygen atoms in total. The summed E-state index contributed by atoms with van der Waals surface area (Å²) in [5.74, 6) is 0. The van der Waals surface area contributed by atoms with Crippen molar-refractivity contribution in [3.8, 4) is 0 Å². The van der Waals surface area contributed by atoms with Crippen molar-refractivity contribution in [1.82, 2.24) is 0 Å². The van der Waals surface area contributed by atoms with E-state index in [0.717, 1.165) is 0 Å². The quantitative estimate of drug-likeness (QED) is 0.0856. The van der Waals surface area contributed by atoms with Crippen molar-refractivity contribution in [2.75, 3.05) is 40.9 Å². The van der Waals surface area contributed by atoms with Crippen LogP contribution in [0.1, 0.15) is 125 Å². The molecule has 0 saturated heterocycles. The van der Waals surface area contributed by atoms with Crippen LogP contribution in [0.25, 0.3) is 0 Å². The Labute approximate surface area is 540 Å². The van der Waals surface area contributed by atoms with Gasteiger partial charge in [-0.1, -0.05) is 0 Å². The molecule has 92 heavy (non-hydrogen) atoms. The van der Waals surface area contributed by atoms with Crippen molar-refractivity contribution >= 4 is 116 Å². The number of carbonyl (C=O) groups is 6. The van der Waals surface area contributed by atoms with Gasteiger partial charge in [0, 0.05) is 11.4 Å². The van der Waals surface area contributed by atoms with Crippen LogP contribution in [0.3, 0.4) is 0 Å². The lowest BCUT2D eigenvalue weighted by atomic mass is 10.1. The summed E-state index contributed by atoms with van der Waals surface area (Å²) >= 11 is 0. The van der Waals surface area contributed by atoms with Crippen LogP contribution in [-0.2, 0) is 28.4 Å². The van der Waals surface area contributed by atoms with E-state index in [1.54, 1.807) is 294 Å². The minimum absolute atomic E-state index is 0.354. The molecule has 0 spiro atoms. The van der Waals surface area contributed by atoms with Gasteiger partial charge in [0.15, 0.2) is 0 Å². The number of ether oxygens (including phenoxy) is 6. The molecule has 0 heterocycles. The molecule has 4 N–H and O–H groups in total. The van der Waals surface area contributed by atoms with E-state index in [4.69, 9.17) is 39.9 Å². The van der Waals surface area contributed by atoms with Gasteiger partial charge < -0.3 is 39.9 Å². The molecule has 486 valence electrons. The number of hydrogen-bond donors (Lipinski definition) is 2. The summed E-state index contributed by atoms with van der Waals surface area (Å²) in [6, 6.07) is 46.9. The van der Waals surface area contributed by atoms with Gasteiger partial charge in [-0.2, -0.15) is 0 Å². The number of hydrogen-bond acceptors (Lipinski definition) is 14. The van der Waals surface area contributed by atoms with Crippen LogP contribution in [0.4, 0.5) is 108 Å². The van der Waals surface area contributed by atoms with Crippen molar-refractivity contribution in [1.29, 1.82) is 0 Å². The molecule has 7 rings (SSSR count). The fourth-order valence-corrected chi connectivity index (χ4v) is 9.01. The van der Waals surface area contributed by atoms with Crippen LogP contribution >= 0.6 is 0 Å². The average Bonchev–Trinajstić information content (AvgIpc) is 0.896. The summed E-state index contributed by atoms with van der Waals surface area (Å²) in [4.78, 5) is 93.2. The Kier molecular flexibility index (Phi) is 20.4. The molecule has 0 saturated carbocycles. The maximum atomic E-state index is 14.4. The van der Waals surface area contributed by atoms with E-state index in [1.807, 2.05) is 0 Å². The van der Waals surface area contributed by atoms with Crippen LogP contribution in [0.2, 0.25) is 0 Å². The average molecular weight is 1260 g/mol. The van der Waals surface area contributed by atoms with Crippen molar-refractivity contribution in [3.05, 3.63) is 170 Å². The molecule has 0 aliphatic rings. The molecule has 7 aromatic carbocycles. The fourth-order valence-electron chi connectivity index (χ4n) is 9.01. The first-order valence-electron chi connectivity index (χ1n) is 30.0. The van der Waals surface area contributed by atoms with Gasteiger partial charge in [-0.25, -0.2) is 58.2 Å². The number of amides is 6. The molecular weight excluding hydrogens is 1170 g/mol. The van der Waals surface area contributed by atoms with Crippen LogP contribution in [0.15, 0.2) is 170 Å². The Hall–Kier alpha value is -10.2. The van der Waals surface area contributed by atoms with Crippen LogP contribution in [-0.4, -0.2) is 70.2 Å². The molecule has 0 bridgehead atoms. The molecule has 0 radical (unpaired) electrons. The Morgan fingerprint density at radius 2 is 0.293 bits per heavy atom. The minimum atomic E-state index is -0.925. The van der Waals surface area contributed by atoms with Crippen molar-refractivity contribution < 1.29 is 57.2 Å². The Morgan fingerprint density at radius 3 is 0.380 bits per heavy atom. The van der Waals surface area contributed by atoms with Gasteiger partial charge in [0.2, 0.25) is 0 Å². The molecule has 7 aromatic rings. The van der Waals surface area contributed by atoms with Crippen LogP contribution in [0, 0.1) is 0 Å². The maximum Gasteiger partial charge on any atom is 0.419 e. The zero-order valence-electron chi connectivity index (χ0n) is 55.9. The Bertz CT molecular complexity index is 3480. The van der Waals surface area contributed by atoms with Gasteiger partial charge in [0.05, 0.1) is 68.2 Å². The standard InChI is InChI=1S/C72H86N8O12/c1-67(2,3)87-61(81)75(49-23-19-47(73)20-24-49)51-27-31-53(32-28-51)77(63(83)89-69(7,8)9)55-35-39-57(40-36-55)79(65(85)91-71(13,14)15)59-43-45-60(46-44-59)80(66(86)92-72(16,17)18)58-41-37-56(38-42-58)78(64(84)90-70(10,11)12)54-33-29-52(30-34-54)76(62(82)88-68(4,5)6)50-25-21-48(74)22-26-50/h19-46H,73-74H2,1-18H3. The summed E-state index contributed by atoms with van der Waals surface area (Å²) in [6.07, 6.45) is -4.09. The largest absolute Gasteiger partial charge is 0.443 e. The first kappa shape index (κ1) is 69.2. The maximum absolute atomic E-state index is 14.4. The van der Waals surface area contributed by atoms with E-state index in [0.29, 0.717) is 79.6 Å². The number of carbonyl (C=O) groups excluding carboxylic acids is 6. The molecular formula is C72H86N8O12.